The number of hydrogen-bond acceptors (Lipinski definition) is 7. The number of nitrogens with one attached hydrogen (secondary N) is 2. The van der Waals surface area contributed by atoms with Gasteiger partial charge in [0.25, 0.3) is 0 Å². The molecule has 0 saturated carbocycles. The molecule has 2 N–H and O–H groups in total. The lowest BCUT2D eigenvalue weighted by atomic mass is 9.90. The van der Waals surface area contributed by atoms with E-state index in [2.05, 4.69) is 41.2 Å². The summed E-state index contributed by atoms with van der Waals surface area (Å²) in [6.07, 6.45) is 2.64. The minimum Gasteiger partial charge on any atom is -0.461 e. The van der Waals surface area contributed by atoms with Crippen molar-refractivity contribution in [3.05, 3.63) is 54.6 Å². The van der Waals surface area contributed by atoms with Crippen LogP contribution in [0.2, 0.25) is 0 Å². The zero-order valence-corrected chi connectivity index (χ0v) is 17.8. The van der Waals surface area contributed by atoms with Gasteiger partial charge in [-0.1, -0.05) is 25.3 Å². The summed E-state index contributed by atoms with van der Waals surface area (Å²) in [6.45, 7) is 6.56. The van der Waals surface area contributed by atoms with Crippen LogP contribution in [-0.4, -0.2) is 48.8 Å². The number of carbonyl (C=O) groups is 4. The predicted molar refractivity (Wildman–Crippen MR) is 114 cm³/mol. The molecule has 1 aromatic rings. The molecule has 172 valence electrons. The number of hydrogen-bond donors (Lipinski definition) is 3. The van der Waals surface area contributed by atoms with Crippen molar-refractivity contribution in [2.45, 2.75) is 12.5 Å². The van der Waals surface area contributed by atoms with E-state index in [1.807, 2.05) is 0 Å². The monoisotopic (exact) mass is 468 g/mol. The summed E-state index contributed by atoms with van der Waals surface area (Å²) >= 11 is 3.74. The quantitative estimate of drug-likeness (QED) is 0.209. The fraction of sp³-hybridized carbons (Fsp3) is 0.333. The van der Waals surface area contributed by atoms with Crippen molar-refractivity contribution < 1.29 is 37.4 Å². The minimum absolute atomic E-state index is 0.0586. The zero-order chi connectivity index (χ0) is 23.8. The molecule has 0 aromatic heterocycles. The van der Waals surface area contributed by atoms with E-state index in [1.54, 1.807) is 0 Å². The van der Waals surface area contributed by atoms with Gasteiger partial charge in [0.1, 0.15) is 30.5 Å². The first-order valence-corrected chi connectivity index (χ1v) is 9.96. The first kappa shape index (κ1) is 25.2. The van der Waals surface area contributed by atoms with Crippen LogP contribution in [0.3, 0.4) is 0 Å². The van der Waals surface area contributed by atoms with Gasteiger partial charge in [-0.25, -0.2) is 13.6 Å². The van der Waals surface area contributed by atoms with E-state index in [9.17, 15) is 28.0 Å². The summed E-state index contributed by atoms with van der Waals surface area (Å²) in [7, 11) is 0. The summed E-state index contributed by atoms with van der Waals surface area (Å²) in [6, 6.07) is 0.897. The van der Waals surface area contributed by atoms with E-state index in [-0.39, 0.29) is 26.2 Å². The molecule has 0 spiro atoms. The third-order valence-corrected chi connectivity index (χ3v) is 4.98. The van der Waals surface area contributed by atoms with Gasteiger partial charge in [-0.15, -0.1) is 12.6 Å². The Morgan fingerprint density at radius 2 is 1.84 bits per heavy atom. The standard InChI is InChI=1S/C21H22F2N2O6S/c1-3-7-30-19(27)15(21(29)32)11-9-14(24-10-11)18(26)25-13-6-5-12(22)16(17(13)23)20(28)31-8-4-2/h3-6,11,14-15,24H,1-2,7-10H2,(H,25,26)(H,29,32). The van der Waals surface area contributed by atoms with Crippen molar-refractivity contribution in [1.82, 2.24) is 5.32 Å². The van der Waals surface area contributed by atoms with Gasteiger partial charge in [0, 0.05) is 6.54 Å². The van der Waals surface area contributed by atoms with Crippen molar-refractivity contribution in [2.75, 3.05) is 25.1 Å². The second kappa shape index (κ2) is 11.5. The molecule has 11 heteroatoms. The molecule has 1 aliphatic heterocycles. The van der Waals surface area contributed by atoms with E-state index < -0.39 is 63.7 Å². The Kier molecular flexibility index (Phi) is 9.09. The highest BCUT2D eigenvalue weighted by atomic mass is 32.1. The number of benzene rings is 1. The maximum atomic E-state index is 14.7. The van der Waals surface area contributed by atoms with Crippen molar-refractivity contribution in [2.24, 2.45) is 11.8 Å². The number of esters is 2. The van der Waals surface area contributed by atoms with Crippen LogP contribution in [0, 0.1) is 23.5 Å². The van der Waals surface area contributed by atoms with E-state index in [0.717, 1.165) is 12.1 Å². The molecule has 1 aromatic carbocycles. The molecule has 1 fully saturated rings. The third-order valence-electron chi connectivity index (χ3n) is 4.70. The fourth-order valence-electron chi connectivity index (χ4n) is 3.21. The van der Waals surface area contributed by atoms with Gasteiger partial charge >= 0.3 is 11.9 Å². The molecule has 1 heterocycles. The second-order valence-corrected chi connectivity index (χ2v) is 7.29. The normalized spacial score (nSPS) is 18.3. The van der Waals surface area contributed by atoms with Gasteiger partial charge in [-0.05, 0) is 24.5 Å². The Morgan fingerprint density at radius 1 is 1.19 bits per heavy atom. The maximum Gasteiger partial charge on any atom is 0.344 e. The molecule has 3 atom stereocenters. The van der Waals surface area contributed by atoms with Crippen molar-refractivity contribution in [3.8, 4) is 0 Å². The first-order chi connectivity index (χ1) is 15.2. The van der Waals surface area contributed by atoms with Crippen molar-refractivity contribution in [1.29, 1.82) is 0 Å². The van der Waals surface area contributed by atoms with E-state index in [4.69, 9.17) is 4.74 Å². The van der Waals surface area contributed by atoms with Gasteiger partial charge in [0.05, 0.1) is 11.7 Å². The van der Waals surface area contributed by atoms with Crippen LogP contribution < -0.4 is 10.6 Å². The number of carbonyl (C=O) groups excluding carboxylic acids is 4. The average Bonchev–Trinajstić information content (AvgIpc) is 3.22. The Morgan fingerprint density at radius 3 is 2.47 bits per heavy atom. The van der Waals surface area contributed by atoms with Crippen LogP contribution in [0.5, 0.6) is 0 Å². The summed E-state index contributed by atoms with van der Waals surface area (Å²) in [5, 5.41) is 4.41. The Bertz CT molecular complexity index is 939. The van der Waals surface area contributed by atoms with Gasteiger partial charge in [0.2, 0.25) is 5.91 Å². The Hall–Kier alpha value is -3.05. The van der Waals surface area contributed by atoms with E-state index in [1.165, 1.54) is 12.2 Å². The molecular formula is C21H22F2N2O6S. The van der Waals surface area contributed by atoms with Crippen molar-refractivity contribution >= 4 is 41.3 Å². The lowest BCUT2D eigenvalue weighted by molar-refractivity contribution is -0.151. The molecule has 1 amide bonds. The molecule has 1 aliphatic rings. The summed E-state index contributed by atoms with van der Waals surface area (Å²) in [5.41, 5.74) is -1.38. The topological polar surface area (TPSA) is 111 Å². The number of halogens is 2. The first-order valence-electron chi connectivity index (χ1n) is 9.51. The molecule has 1 saturated heterocycles. The largest absolute Gasteiger partial charge is 0.461 e. The summed E-state index contributed by atoms with van der Waals surface area (Å²) < 4.78 is 38.2. The van der Waals surface area contributed by atoms with Gasteiger partial charge in [0.15, 0.2) is 10.9 Å². The molecular weight excluding hydrogens is 446 g/mol. The zero-order valence-electron chi connectivity index (χ0n) is 16.9. The molecule has 0 aliphatic carbocycles. The Balaban J connectivity index is 2.11. The number of thiol groups is 1. The number of amides is 1. The Labute approximate surface area is 188 Å². The third kappa shape index (κ3) is 6.01. The van der Waals surface area contributed by atoms with Crippen LogP contribution in [0.1, 0.15) is 16.8 Å². The lowest BCUT2D eigenvalue weighted by Crippen LogP contribution is -2.35. The van der Waals surface area contributed by atoms with Gasteiger partial charge < -0.3 is 20.1 Å². The smallest absolute Gasteiger partial charge is 0.344 e. The van der Waals surface area contributed by atoms with Gasteiger partial charge in [-0.2, -0.15) is 0 Å². The number of anilines is 1. The predicted octanol–water partition coefficient (Wildman–Crippen LogP) is 2.03. The van der Waals surface area contributed by atoms with Crippen LogP contribution >= 0.6 is 12.6 Å². The molecule has 8 nitrogen and oxygen atoms in total. The molecule has 32 heavy (non-hydrogen) atoms. The summed E-state index contributed by atoms with van der Waals surface area (Å²) in [5.74, 6) is -6.96. The highest BCUT2D eigenvalue weighted by Crippen LogP contribution is 2.28. The molecule has 2 rings (SSSR count). The second-order valence-electron chi connectivity index (χ2n) is 6.85. The van der Waals surface area contributed by atoms with Gasteiger partial charge in [-0.3, -0.25) is 14.4 Å². The number of rotatable bonds is 10. The average molecular weight is 468 g/mol. The van der Waals surface area contributed by atoms with Crippen LogP contribution in [0.15, 0.2) is 37.4 Å². The number of ether oxygens (including phenoxy) is 2. The fourth-order valence-corrected chi connectivity index (χ4v) is 3.52. The minimum atomic E-state index is -1.29. The maximum absolute atomic E-state index is 14.7. The molecule has 0 bridgehead atoms. The van der Waals surface area contributed by atoms with Crippen LogP contribution in [0.4, 0.5) is 14.5 Å². The molecule has 0 radical (unpaired) electrons. The van der Waals surface area contributed by atoms with Crippen molar-refractivity contribution in [3.63, 3.8) is 0 Å². The van der Waals surface area contributed by atoms with E-state index in [0.29, 0.717) is 0 Å². The lowest BCUT2D eigenvalue weighted by Gasteiger charge is -2.18. The van der Waals surface area contributed by atoms with Crippen LogP contribution in [-0.2, 0) is 23.9 Å². The highest BCUT2D eigenvalue weighted by Gasteiger charge is 2.41. The summed E-state index contributed by atoms with van der Waals surface area (Å²) in [4.78, 5) is 48.5. The van der Waals surface area contributed by atoms with Crippen LogP contribution in [0.25, 0.3) is 0 Å². The molecule has 3 unspecified atom stereocenters. The highest BCUT2D eigenvalue weighted by molar-refractivity contribution is 7.96. The SMILES string of the molecule is C=CCOC(=O)c1c(F)ccc(NC(=O)C2CC(C(C(=O)S)C(=O)OCC=C)CN2)c1F. The van der Waals surface area contributed by atoms with E-state index >= 15 is 0 Å².